The molecule has 0 radical (unpaired) electrons. The van der Waals surface area contributed by atoms with E-state index in [1.807, 2.05) is 0 Å². The van der Waals surface area contributed by atoms with E-state index >= 15 is 0 Å². The van der Waals surface area contributed by atoms with E-state index in [-0.39, 0.29) is 25.9 Å². The molecule has 0 spiro atoms. The van der Waals surface area contributed by atoms with Gasteiger partial charge < -0.3 is 39.0 Å². The Hall–Kier alpha value is -3.58. The van der Waals surface area contributed by atoms with Gasteiger partial charge in [0.15, 0.2) is 24.6 Å². The Morgan fingerprint density at radius 3 is 1.12 bits per heavy atom. The summed E-state index contributed by atoms with van der Waals surface area (Å²) in [4.78, 5) is 51.4. The highest BCUT2D eigenvalue weighted by Gasteiger charge is 2.50. The van der Waals surface area contributed by atoms with Crippen LogP contribution in [0.25, 0.3) is 0 Å². The molecule has 0 aromatic rings. The predicted molar refractivity (Wildman–Crippen MR) is 340 cm³/mol. The van der Waals surface area contributed by atoms with Crippen molar-refractivity contribution in [1.82, 2.24) is 0 Å². The third-order valence-corrected chi connectivity index (χ3v) is 15.6. The van der Waals surface area contributed by atoms with Crippen molar-refractivity contribution in [2.75, 3.05) is 13.2 Å². The second-order valence-electron chi connectivity index (χ2n) is 23.5. The minimum absolute atomic E-state index is 0.0555. The van der Waals surface area contributed by atoms with E-state index in [0.29, 0.717) is 19.3 Å². The molecule has 6 unspecified atom stereocenters. The third-order valence-electron chi connectivity index (χ3n) is 15.6. The minimum Gasteiger partial charge on any atom is -0.479 e. The zero-order chi connectivity index (χ0) is 60.3. The first-order valence-electron chi connectivity index (χ1n) is 34.3. The highest BCUT2D eigenvalue weighted by Crippen LogP contribution is 2.27. The van der Waals surface area contributed by atoms with Gasteiger partial charge in [0.1, 0.15) is 18.8 Å². The molecule has 0 saturated carbocycles. The molecule has 1 heterocycles. The lowest BCUT2D eigenvalue weighted by molar-refractivity contribution is -0.301. The van der Waals surface area contributed by atoms with Gasteiger partial charge in [-0.25, -0.2) is 4.79 Å². The number of rotatable bonds is 59. The van der Waals surface area contributed by atoms with E-state index in [2.05, 4.69) is 81.5 Å². The Morgan fingerprint density at radius 1 is 0.398 bits per heavy atom. The highest BCUT2D eigenvalue weighted by molar-refractivity contribution is 5.74. The number of aliphatic carboxylic acids is 1. The Labute approximate surface area is 506 Å². The number of ether oxygens (including phenoxy) is 5. The Balaban J connectivity index is 2.64. The fourth-order valence-corrected chi connectivity index (χ4v) is 10.3. The fraction of sp³-hybridized carbons (Fsp3) is 0.803. The summed E-state index contributed by atoms with van der Waals surface area (Å²) < 4.78 is 28.6. The van der Waals surface area contributed by atoms with Gasteiger partial charge in [0, 0.05) is 19.3 Å². The smallest absolute Gasteiger partial charge is 0.335 e. The molecular weight excluding hydrogens is 1040 g/mol. The van der Waals surface area contributed by atoms with Crippen LogP contribution >= 0.6 is 0 Å². The largest absolute Gasteiger partial charge is 0.479 e. The fourth-order valence-electron chi connectivity index (χ4n) is 10.3. The first-order chi connectivity index (χ1) is 40.6. The topological polar surface area (TPSA) is 175 Å². The maximum Gasteiger partial charge on any atom is 0.335 e. The minimum atomic E-state index is -1.91. The van der Waals surface area contributed by atoms with Crippen molar-refractivity contribution in [2.24, 2.45) is 0 Å². The molecule has 12 nitrogen and oxygen atoms in total. The van der Waals surface area contributed by atoms with Gasteiger partial charge in [-0.15, -0.1) is 0 Å². The zero-order valence-corrected chi connectivity index (χ0v) is 53.2. The van der Waals surface area contributed by atoms with Crippen molar-refractivity contribution >= 4 is 23.9 Å². The van der Waals surface area contributed by atoms with Crippen LogP contribution in [0, 0.1) is 0 Å². The number of aliphatic hydroxyl groups is 2. The SMILES string of the molecule is CCCCC/C=C\C/C=C\C/C=C\CCCCCCCCC(=O)OCC(COC1OC(C(=O)O)C(O)C(O)C1OC(=O)CCCCCCCCCCC/C=C\C/C=C\CCCCC)OC(=O)CCCCCCCCCCCCCCCCC. The molecule has 3 N–H and O–H groups in total. The van der Waals surface area contributed by atoms with Gasteiger partial charge in [-0.05, 0) is 89.9 Å². The number of carboxylic acid groups (broad SMARTS) is 1. The number of unbranched alkanes of at least 4 members (excludes halogenated alkanes) is 35. The molecule has 480 valence electrons. The lowest BCUT2D eigenvalue weighted by Gasteiger charge is -2.40. The molecule has 0 bridgehead atoms. The van der Waals surface area contributed by atoms with Gasteiger partial charge in [-0.2, -0.15) is 0 Å². The Kier molecular flexibility index (Phi) is 54.8. The summed E-state index contributed by atoms with van der Waals surface area (Å²) in [5.74, 6) is -3.11. The summed E-state index contributed by atoms with van der Waals surface area (Å²) in [6, 6.07) is 0. The molecule has 1 rings (SSSR count). The van der Waals surface area contributed by atoms with E-state index in [4.69, 9.17) is 23.7 Å². The van der Waals surface area contributed by atoms with Gasteiger partial charge >= 0.3 is 23.9 Å². The number of hydrogen-bond donors (Lipinski definition) is 3. The summed E-state index contributed by atoms with van der Waals surface area (Å²) in [5.41, 5.74) is 0. The van der Waals surface area contributed by atoms with E-state index in [9.17, 15) is 34.5 Å². The average Bonchev–Trinajstić information content (AvgIpc) is 3.57. The standard InChI is InChI=1S/C71H124O12/c1-4-7-10-13-16-19-22-25-28-30-32-34-37-39-42-45-48-51-54-57-63(72)79-60-62(81-64(73)58-55-52-49-46-43-40-36-27-24-21-18-15-12-9-6-3)61-80-71-69(67(76)66(75)68(83-71)70(77)78)82-65(74)59-56-53-50-47-44-41-38-35-33-31-29-26-23-20-17-14-11-8-5-2/h16-17,19-20,25-26,28-29,32,34,62,66-69,71,75-76H,4-15,18,21-24,27,30-31,33,35-61H2,1-3H3,(H,77,78)/b19-16-,20-17-,28-25-,29-26-,34-32-. The van der Waals surface area contributed by atoms with Crippen molar-refractivity contribution < 1.29 is 58.2 Å². The van der Waals surface area contributed by atoms with Gasteiger partial charge in [0.05, 0.1) is 6.61 Å². The summed E-state index contributed by atoms with van der Waals surface area (Å²) in [6.07, 6.45) is 61.6. The van der Waals surface area contributed by atoms with Crippen molar-refractivity contribution in [2.45, 2.75) is 353 Å². The number of carboxylic acids is 1. The number of hydrogen-bond acceptors (Lipinski definition) is 11. The van der Waals surface area contributed by atoms with Crippen LogP contribution in [0.3, 0.4) is 0 Å². The number of carbonyl (C=O) groups excluding carboxylic acids is 3. The van der Waals surface area contributed by atoms with Gasteiger partial charge in [-0.3, -0.25) is 14.4 Å². The molecule has 83 heavy (non-hydrogen) atoms. The van der Waals surface area contributed by atoms with Gasteiger partial charge in [0.25, 0.3) is 0 Å². The number of aliphatic hydroxyl groups excluding tert-OH is 2. The van der Waals surface area contributed by atoms with Crippen molar-refractivity contribution in [3.05, 3.63) is 60.8 Å². The van der Waals surface area contributed by atoms with Gasteiger partial charge in [0.2, 0.25) is 0 Å². The van der Waals surface area contributed by atoms with E-state index in [1.165, 1.54) is 148 Å². The second kappa shape index (κ2) is 58.8. The second-order valence-corrected chi connectivity index (χ2v) is 23.5. The molecule has 1 saturated heterocycles. The van der Waals surface area contributed by atoms with Crippen LogP contribution in [0.4, 0.5) is 0 Å². The molecule has 0 aromatic carbocycles. The van der Waals surface area contributed by atoms with Crippen LogP contribution < -0.4 is 0 Å². The normalized spacial score (nSPS) is 17.9. The van der Waals surface area contributed by atoms with Crippen molar-refractivity contribution in [3.63, 3.8) is 0 Å². The first kappa shape index (κ1) is 77.4. The maximum absolute atomic E-state index is 13.2. The third kappa shape index (κ3) is 48.3. The summed E-state index contributed by atoms with van der Waals surface area (Å²) in [5, 5.41) is 31.6. The number of allylic oxidation sites excluding steroid dienone is 10. The van der Waals surface area contributed by atoms with Crippen LogP contribution in [0.2, 0.25) is 0 Å². The predicted octanol–water partition coefficient (Wildman–Crippen LogP) is 18.7. The molecule has 0 aromatic heterocycles. The molecule has 0 amide bonds. The van der Waals surface area contributed by atoms with E-state index in [1.54, 1.807) is 0 Å². The highest BCUT2D eigenvalue weighted by atomic mass is 16.7. The molecule has 1 fully saturated rings. The van der Waals surface area contributed by atoms with Crippen molar-refractivity contribution in [1.29, 1.82) is 0 Å². The van der Waals surface area contributed by atoms with Crippen molar-refractivity contribution in [3.8, 4) is 0 Å². The molecule has 6 atom stereocenters. The van der Waals surface area contributed by atoms with Crippen LogP contribution in [-0.2, 0) is 42.9 Å². The van der Waals surface area contributed by atoms with Crippen LogP contribution in [0.5, 0.6) is 0 Å². The molecule has 12 heteroatoms. The van der Waals surface area contributed by atoms with E-state index < -0.39 is 67.3 Å². The molecule has 1 aliphatic rings. The molecular formula is C71H124O12. The Bertz CT molecular complexity index is 1670. The monoisotopic (exact) mass is 1170 g/mol. The summed E-state index contributed by atoms with van der Waals surface area (Å²) in [6.45, 7) is 5.98. The zero-order valence-electron chi connectivity index (χ0n) is 53.2. The van der Waals surface area contributed by atoms with E-state index in [0.717, 1.165) is 109 Å². The number of carbonyl (C=O) groups is 4. The Morgan fingerprint density at radius 2 is 0.723 bits per heavy atom. The molecule has 1 aliphatic heterocycles. The van der Waals surface area contributed by atoms with Crippen LogP contribution in [-0.4, -0.2) is 89.2 Å². The lowest BCUT2D eigenvalue weighted by Crippen LogP contribution is -2.61. The molecule has 0 aliphatic carbocycles. The quantitative estimate of drug-likeness (QED) is 0.0228. The lowest BCUT2D eigenvalue weighted by atomic mass is 9.98. The summed E-state index contributed by atoms with van der Waals surface area (Å²) in [7, 11) is 0. The summed E-state index contributed by atoms with van der Waals surface area (Å²) >= 11 is 0. The van der Waals surface area contributed by atoms with Gasteiger partial charge in [-0.1, -0.05) is 268 Å². The number of esters is 3. The maximum atomic E-state index is 13.2. The van der Waals surface area contributed by atoms with Crippen LogP contribution in [0.1, 0.15) is 316 Å². The average molecular weight is 1170 g/mol. The van der Waals surface area contributed by atoms with Crippen LogP contribution in [0.15, 0.2) is 60.8 Å². The first-order valence-corrected chi connectivity index (χ1v) is 34.3.